The highest BCUT2D eigenvalue weighted by molar-refractivity contribution is 6.69. The zero-order valence-corrected chi connectivity index (χ0v) is 15.7. The Morgan fingerprint density at radius 3 is 2.00 bits per heavy atom. The van der Waals surface area contributed by atoms with E-state index in [1.54, 1.807) is 42.5 Å². The normalized spacial score (nSPS) is 13.4. The molecular weight excluding hydrogens is 347 g/mol. The van der Waals surface area contributed by atoms with Crippen LogP contribution >= 0.6 is 0 Å². The lowest BCUT2D eigenvalue weighted by Gasteiger charge is -2.38. The van der Waals surface area contributed by atoms with E-state index in [1.165, 1.54) is 19.2 Å². The van der Waals surface area contributed by atoms with Gasteiger partial charge in [0.1, 0.15) is 5.75 Å². The molecule has 1 unspecified atom stereocenters. The Bertz CT molecular complexity index is 687. The van der Waals surface area contributed by atoms with Crippen molar-refractivity contribution in [3.05, 3.63) is 60.2 Å². The largest absolute Gasteiger partial charge is 0.496 e. The second-order valence-corrected chi connectivity index (χ2v) is 11.0. The van der Waals surface area contributed by atoms with Crippen LogP contribution in [0, 0.1) is 0 Å². The molecule has 0 saturated heterocycles. The zero-order chi connectivity index (χ0) is 18.7. The van der Waals surface area contributed by atoms with E-state index in [4.69, 9.17) is 9.26 Å². The van der Waals surface area contributed by atoms with Crippen molar-refractivity contribution in [1.82, 2.24) is 0 Å². The first-order chi connectivity index (χ1) is 11.6. The number of hydrogen-bond donors (Lipinski definition) is 0. The molecule has 0 spiro atoms. The number of rotatable bonds is 6. The van der Waals surface area contributed by atoms with E-state index in [2.05, 4.69) is 0 Å². The summed E-state index contributed by atoms with van der Waals surface area (Å²) in [5, 5.41) is 0.976. The molecule has 0 fully saturated rings. The molecule has 0 radical (unpaired) electrons. The van der Waals surface area contributed by atoms with Gasteiger partial charge in [-0.2, -0.15) is 13.2 Å². The molecule has 0 saturated carbocycles. The van der Waals surface area contributed by atoms with E-state index in [1.807, 2.05) is 19.6 Å². The Labute approximate surface area is 147 Å². The van der Waals surface area contributed by atoms with Gasteiger partial charge in [-0.25, -0.2) is 5.06 Å². The summed E-state index contributed by atoms with van der Waals surface area (Å²) in [5.74, 6) is 0.171. The van der Waals surface area contributed by atoms with Crippen molar-refractivity contribution in [3.8, 4) is 5.75 Å². The number of methoxy groups -OCH3 is 1. The molecule has 0 aliphatic carbocycles. The van der Waals surface area contributed by atoms with Crippen molar-refractivity contribution >= 4 is 14.0 Å². The van der Waals surface area contributed by atoms with Gasteiger partial charge in [0.2, 0.25) is 8.32 Å². The maximum absolute atomic E-state index is 14.1. The molecule has 0 aliphatic heterocycles. The number of benzene rings is 2. The van der Waals surface area contributed by atoms with Gasteiger partial charge < -0.3 is 9.26 Å². The van der Waals surface area contributed by atoms with Crippen molar-refractivity contribution in [2.45, 2.75) is 31.9 Å². The van der Waals surface area contributed by atoms with E-state index < -0.39 is 20.5 Å². The average Bonchev–Trinajstić information content (AvgIpc) is 2.53. The molecule has 0 aliphatic rings. The van der Waals surface area contributed by atoms with Crippen molar-refractivity contribution in [2.24, 2.45) is 0 Å². The predicted octanol–water partition coefficient (Wildman–Crippen LogP) is 5.57. The van der Waals surface area contributed by atoms with Gasteiger partial charge in [-0.1, -0.05) is 36.4 Å². The minimum absolute atomic E-state index is 0.0135. The summed E-state index contributed by atoms with van der Waals surface area (Å²) >= 11 is 0. The summed E-state index contributed by atoms with van der Waals surface area (Å²) in [6.07, 6.45) is -4.55. The predicted molar refractivity (Wildman–Crippen MR) is 95.1 cm³/mol. The zero-order valence-electron chi connectivity index (χ0n) is 14.7. The topological polar surface area (TPSA) is 21.7 Å². The summed E-state index contributed by atoms with van der Waals surface area (Å²) in [5.41, 5.74) is 0.359. The van der Waals surface area contributed by atoms with Gasteiger partial charge in [0, 0.05) is 5.56 Å². The first kappa shape index (κ1) is 19.3. The van der Waals surface area contributed by atoms with Crippen molar-refractivity contribution in [3.63, 3.8) is 0 Å². The van der Waals surface area contributed by atoms with E-state index >= 15 is 0 Å². The number of para-hydroxylation sites is 2. The molecule has 3 nitrogen and oxygen atoms in total. The molecule has 0 bridgehead atoms. The molecule has 136 valence electrons. The lowest BCUT2D eigenvalue weighted by molar-refractivity contribution is -0.162. The smallest absolute Gasteiger partial charge is 0.415 e. The molecule has 2 aromatic carbocycles. The van der Waals surface area contributed by atoms with E-state index in [-0.39, 0.29) is 11.3 Å². The number of ether oxygens (including phenoxy) is 1. The Balaban J connectivity index is 2.62. The first-order valence-corrected chi connectivity index (χ1v) is 11.3. The third-order valence-electron chi connectivity index (χ3n) is 3.36. The molecular formula is C18H22F3NO2Si. The van der Waals surface area contributed by atoms with Gasteiger partial charge in [-0.3, -0.25) is 0 Å². The highest BCUT2D eigenvalue weighted by Gasteiger charge is 2.48. The van der Waals surface area contributed by atoms with Crippen LogP contribution in [0.15, 0.2) is 54.6 Å². The van der Waals surface area contributed by atoms with Gasteiger partial charge in [0.05, 0.1) is 12.8 Å². The minimum atomic E-state index is -4.55. The Kier molecular flexibility index (Phi) is 5.79. The van der Waals surface area contributed by atoms with Crippen molar-refractivity contribution < 1.29 is 22.4 Å². The van der Waals surface area contributed by atoms with E-state index in [0.717, 1.165) is 5.06 Å². The molecule has 1 atom stereocenters. The number of alkyl halides is 3. The van der Waals surface area contributed by atoms with Crippen LogP contribution in [0.5, 0.6) is 5.75 Å². The van der Waals surface area contributed by atoms with Crippen LogP contribution in [0.3, 0.4) is 0 Å². The number of hydrogen-bond acceptors (Lipinski definition) is 3. The first-order valence-electron chi connectivity index (χ1n) is 7.86. The minimum Gasteiger partial charge on any atom is -0.496 e. The van der Waals surface area contributed by atoms with E-state index in [9.17, 15) is 13.2 Å². The van der Waals surface area contributed by atoms with Gasteiger partial charge >= 0.3 is 6.18 Å². The molecule has 2 rings (SSSR count). The SMILES string of the molecule is COc1ccccc1C(N(O[Si](C)(C)C)c1ccccc1)C(F)(F)F. The van der Waals surface area contributed by atoms with Crippen molar-refractivity contribution in [1.29, 1.82) is 0 Å². The van der Waals surface area contributed by atoms with Crippen molar-refractivity contribution in [2.75, 3.05) is 12.2 Å². The molecule has 0 aromatic heterocycles. The fourth-order valence-corrected chi connectivity index (χ4v) is 3.25. The van der Waals surface area contributed by atoms with Crippen LogP contribution in [-0.2, 0) is 4.53 Å². The van der Waals surface area contributed by atoms with E-state index in [0.29, 0.717) is 5.69 Å². The van der Waals surface area contributed by atoms with Crippen LogP contribution in [0.25, 0.3) is 0 Å². The molecule has 25 heavy (non-hydrogen) atoms. The number of nitrogens with zero attached hydrogens (tertiary/aromatic N) is 1. The van der Waals surface area contributed by atoms with Crippen LogP contribution in [0.1, 0.15) is 11.6 Å². The van der Waals surface area contributed by atoms with Crippen LogP contribution in [0.4, 0.5) is 18.9 Å². The summed E-state index contributed by atoms with van der Waals surface area (Å²) in [4.78, 5) is 0. The molecule has 0 amide bonds. The van der Waals surface area contributed by atoms with Crippen LogP contribution in [0.2, 0.25) is 19.6 Å². The number of halogens is 3. The van der Waals surface area contributed by atoms with Crippen LogP contribution < -0.4 is 9.80 Å². The Hall–Kier alpha value is -1.99. The van der Waals surface area contributed by atoms with Crippen LogP contribution in [-0.4, -0.2) is 21.6 Å². The summed E-state index contributed by atoms with van der Waals surface area (Å²) in [6.45, 7) is 5.54. The Morgan fingerprint density at radius 2 is 1.48 bits per heavy atom. The monoisotopic (exact) mass is 369 g/mol. The third kappa shape index (κ3) is 4.99. The molecule has 7 heteroatoms. The molecule has 2 aromatic rings. The molecule has 0 heterocycles. The second-order valence-electron chi connectivity index (χ2n) is 6.55. The van der Waals surface area contributed by atoms with Gasteiger partial charge in [0.25, 0.3) is 0 Å². The summed E-state index contributed by atoms with van der Waals surface area (Å²) in [7, 11) is -0.960. The van der Waals surface area contributed by atoms with Gasteiger partial charge in [0.15, 0.2) is 6.04 Å². The summed E-state index contributed by atoms with van der Waals surface area (Å²) in [6, 6.07) is 12.5. The average molecular weight is 369 g/mol. The fourth-order valence-electron chi connectivity index (χ4n) is 2.45. The fraction of sp³-hybridized carbons (Fsp3) is 0.333. The summed E-state index contributed by atoms with van der Waals surface area (Å²) < 4.78 is 53.2. The highest BCUT2D eigenvalue weighted by Crippen LogP contribution is 2.44. The maximum Gasteiger partial charge on any atom is 0.415 e. The van der Waals surface area contributed by atoms with Gasteiger partial charge in [-0.15, -0.1) is 0 Å². The lowest BCUT2D eigenvalue weighted by atomic mass is 10.0. The maximum atomic E-state index is 14.1. The standard InChI is InChI=1S/C18H22F3NO2Si/c1-23-16-13-9-8-12-15(16)17(18(19,20)21)22(24-25(2,3)4)14-10-6-5-7-11-14/h5-13,17H,1-4H3. The number of anilines is 1. The highest BCUT2D eigenvalue weighted by atomic mass is 28.4. The third-order valence-corrected chi connectivity index (χ3v) is 4.11. The molecule has 0 N–H and O–H groups in total. The Morgan fingerprint density at radius 1 is 0.920 bits per heavy atom. The van der Waals surface area contributed by atoms with Gasteiger partial charge in [-0.05, 0) is 37.8 Å². The second kappa shape index (κ2) is 7.49. The lowest BCUT2D eigenvalue weighted by Crippen LogP contribution is -2.45. The quantitative estimate of drug-likeness (QED) is 0.491. The number of hydroxylamine groups is 1.